The standard InChI is InChI=1S/C29H31N3O8S/c1-29(2,3)40-27(33)18-31(41(37,38)26-15-9-8-14-25(26)32(35)36)17-16-30-28(34)39-19-24-22-12-6-4-10-20(22)21-11-5-7-13-23(21)24/h4-15,24H,16-19H2,1-3H3,(H,30,34). The van der Waals surface area contributed by atoms with E-state index >= 15 is 0 Å². The van der Waals surface area contributed by atoms with Gasteiger partial charge in [-0.3, -0.25) is 14.9 Å². The van der Waals surface area contributed by atoms with Crippen molar-refractivity contribution in [1.82, 2.24) is 9.62 Å². The summed E-state index contributed by atoms with van der Waals surface area (Å²) in [4.78, 5) is 35.2. The first-order valence-electron chi connectivity index (χ1n) is 12.9. The van der Waals surface area contributed by atoms with Crippen molar-refractivity contribution < 1.29 is 32.4 Å². The molecular formula is C29H31N3O8S. The highest BCUT2D eigenvalue weighted by molar-refractivity contribution is 7.89. The summed E-state index contributed by atoms with van der Waals surface area (Å²) in [5.41, 5.74) is 2.72. The Morgan fingerprint density at radius 3 is 2.10 bits per heavy atom. The Kier molecular flexibility index (Phi) is 8.74. The molecule has 0 atom stereocenters. The molecule has 1 N–H and O–H groups in total. The molecule has 11 nitrogen and oxygen atoms in total. The number of ether oxygens (including phenoxy) is 2. The fraction of sp³-hybridized carbons (Fsp3) is 0.310. The van der Waals surface area contributed by atoms with Gasteiger partial charge in [0.25, 0.3) is 15.7 Å². The predicted octanol–water partition coefficient (Wildman–Crippen LogP) is 4.47. The van der Waals surface area contributed by atoms with Gasteiger partial charge in [0.15, 0.2) is 4.90 Å². The molecule has 3 aromatic carbocycles. The summed E-state index contributed by atoms with van der Waals surface area (Å²) in [7, 11) is -4.52. The van der Waals surface area contributed by atoms with E-state index in [-0.39, 0.29) is 25.6 Å². The average molecular weight is 582 g/mol. The normalized spacial score (nSPS) is 12.9. The van der Waals surface area contributed by atoms with Crippen LogP contribution in [0.15, 0.2) is 77.7 Å². The fourth-order valence-corrected chi connectivity index (χ4v) is 6.24. The quantitative estimate of drug-likeness (QED) is 0.210. The van der Waals surface area contributed by atoms with Crippen LogP contribution in [-0.2, 0) is 24.3 Å². The van der Waals surface area contributed by atoms with E-state index in [0.717, 1.165) is 38.7 Å². The summed E-state index contributed by atoms with van der Waals surface area (Å²) in [6.07, 6.45) is -0.771. The third-order valence-corrected chi connectivity index (χ3v) is 8.27. The van der Waals surface area contributed by atoms with E-state index < -0.39 is 49.7 Å². The highest BCUT2D eigenvalue weighted by atomic mass is 32.2. The highest BCUT2D eigenvalue weighted by Crippen LogP contribution is 2.44. The average Bonchev–Trinajstić information content (AvgIpc) is 3.24. The molecule has 0 unspecified atom stereocenters. The maximum absolute atomic E-state index is 13.4. The van der Waals surface area contributed by atoms with Crippen molar-refractivity contribution in [3.05, 3.63) is 94.0 Å². The minimum atomic E-state index is -4.52. The van der Waals surface area contributed by atoms with Crippen molar-refractivity contribution in [3.63, 3.8) is 0 Å². The third-order valence-electron chi connectivity index (χ3n) is 6.38. The Labute approximate surface area is 238 Å². The van der Waals surface area contributed by atoms with Gasteiger partial charge in [0.2, 0.25) is 0 Å². The minimum Gasteiger partial charge on any atom is -0.459 e. The van der Waals surface area contributed by atoms with Crippen LogP contribution in [0, 0.1) is 10.1 Å². The summed E-state index contributed by atoms with van der Waals surface area (Å²) < 4.78 is 38.4. The highest BCUT2D eigenvalue weighted by Gasteiger charge is 2.34. The van der Waals surface area contributed by atoms with E-state index in [1.54, 1.807) is 20.8 Å². The molecule has 0 saturated carbocycles. The summed E-state index contributed by atoms with van der Waals surface area (Å²) in [5.74, 6) is -1.00. The van der Waals surface area contributed by atoms with E-state index in [0.29, 0.717) is 0 Å². The molecule has 12 heteroatoms. The minimum absolute atomic E-state index is 0.0655. The lowest BCUT2D eigenvalue weighted by molar-refractivity contribution is -0.387. The zero-order valence-corrected chi connectivity index (χ0v) is 23.7. The van der Waals surface area contributed by atoms with Gasteiger partial charge in [-0.15, -0.1) is 0 Å². The number of carbonyl (C=O) groups excluding carboxylic acids is 2. The number of carbonyl (C=O) groups is 2. The Bertz CT molecular complexity index is 1520. The first kappa shape index (κ1) is 29.7. The molecule has 0 saturated heterocycles. The molecule has 0 aromatic heterocycles. The van der Waals surface area contributed by atoms with Crippen molar-refractivity contribution in [2.24, 2.45) is 0 Å². The largest absolute Gasteiger partial charge is 0.459 e. The number of hydrogen-bond acceptors (Lipinski definition) is 8. The number of esters is 1. The number of nitro benzene ring substituents is 1. The summed E-state index contributed by atoms with van der Waals surface area (Å²) in [6, 6.07) is 20.6. The number of amides is 1. The smallest absolute Gasteiger partial charge is 0.407 e. The van der Waals surface area contributed by atoms with Crippen LogP contribution >= 0.6 is 0 Å². The monoisotopic (exact) mass is 581 g/mol. The topological polar surface area (TPSA) is 145 Å². The molecule has 1 aliphatic rings. The zero-order chi connectivity index (χ0) is 29.8. The molecule has 1 aliphatic carbocycles. The molecule has 0 heterocycles. The van der Waals surface area contributed by atoms with Crippen molar-refractivity contribution in [1.29, 1.82) is 0 Å². The van der Waals surface area contributed by atoms with Gasteiger partial charge >= 0.3 is 12.1 Å². The predicted molar refractivity (Wildman–Crippen MR) is 151 cm³/mol. The van der Waals surface area contributed by atoms with Crippen LogP contribution in [0.4, 0.5) is 10.5 Å². The molecule has 0 radical (unpaired) electrons. The number of rotatable bonds is 10. The second-order valence-electron chi connectivity index (χ2n) is 10.4. The maximum Gasteiger partial charge on any atom is 0.407 e. The van der Waals surface area contributed by atoms with E-state index in [9.17, 15) is 28.1 Å². The zero-order valence-electron chi connectivity index (χ0n) is 22.9. The van der Waals surface area contributed by atoms with Gasteiger partial charge in [-0.25, -0.2) is 13.2 Å². The molecule has 0 spiro atoms. The Morgan fingerprint density at radius 2 is 1.51 bits per heavy atom. The Morgan fingerprint density at radius 1 is 0.951 bits per heavy atom. The molecule has 4 rings (SSSR count). The number of para-hydroxylation sites is 1. The lowest BCUT2D eigenvalue weighted by atomic mass is 9.98. The van der Waals surface area contributed by atoms with Crippen LogP contribution < -0.4 is 5.32 Å². The molecular weight excluding hydrogens is 550 g/mol. The number of alkyl carbamates (subject to hydrolysis) is 1. The number of benzene rings is 3. The van der Waals surface area contributed by atoms with Gasteiger partial charge in [-0.1, -0.05) is 60.7 Å². The second-order valence-corrected chi connectivity index (χ2v) is 12.3. The molecule has 0 aliphatic heterocycles. The number of nitro groups is 1. The van der Waals surface area contributed by atoms with Crippen LogP contribution in [0.5, 0.6) is 0 Å². The lowest BCUT2D eigenvalue weighted by Gasteiger charge is -2.25. The third kappa shape index (κ3) is 6.90. The van der Waals surface area contributed by atoms with Gasteiger partial charge in [0, 0.05) is 25.1 Å². The van der Waals surface area contributed by atoms with E-state index in [1.165, 1.54) is 12.1 Å². The number of fused-ring (bicyclic) bond motifs is 3. The SMILES string of the molecule is CC(C)(C)OC(=O)CN(CCNC(=O)OCC1c2ccccc2-c2ccccc21)S(=O)(=O)c1ccccc1[N+](=O)[O-]. The van der Waals surface area contributed by atoms with E-state index in [4.69, 9.17) is 9.47 Å². The first-order chi connectivity index (χ1) is 19.4. The maximum atomic E-state index is 13.4. The van der Waals surface area contributed by atoms with Gasteiger partial charge in [-0.05, 0) is 49.1 Å². The fourth-order valence-electron chi connectivity index (χ4n) is 4.70. The molecule has 0 fully saturated rings. The number of hydrogen-bond donors (Lipinski definition) is 1. The number of sulfonamides is 1. The van der Waals surface area contributed by atoms with Crippen LogP contribution in [0.25, 0.3) is 11.1 Å². The van der Waals surface area contributed by atoms with Crippen molar-refractivity contribution in [3.8, 4) is 11.1 Å². The number of nitrogens with zero attached hydrogens (tertiary/aromatic N) is 2. The molecule has 0 bridgehead atoms. The molecule has 41 heavy (non-hydrogen) atoms. The van der Waals surface area contributed by atoms with Crippen molar-refractivity contribution >= 4 is 27.8 Å². The van der Waals surface area contributed by atoms with Gasteiger partial charge in [0.1, 0.15) is 18.8 Å². The van der Waals surface area contributed by atoms with Crippen molar-refractivity contribution in [2.75, 3.05) is 26.2 Å². The Hall–Kier alpha value is -4.29. The molecule has 216 valence electrons. The molecule has 3 aromatic rings. The van der Waals surface area contributed by atoms with E-state index in [1.807, 2.05) is 48.5 Å². The lowest BCUT2D eigenvalue weighted by Crippen LogP contribution is -2.43. The first-order valence-corrected chi connectivity index (χ1v) is 14.4. The van der Waals surface area contributed by atoms with Crippen molar-refractivity contribution in [2.45, 2.75) is 37.2 Å². The molecule has 1 amide bonds. The summed E-state index contributed by atoms with van der Waals surface area (Å²) in [5, 5.41) is 14.0. The van der Waals surface area contributed by atoms with Gasteiger partial charge in [0.05, 0.1) is 4.92 Å². The van der Waals surface area contributed by atoms with Crippen LogP contribution in [0.2, 0.25) is 0 Å². The van der Waals surface area contributed by atoms with Crippen LogP contribution in [-0.4, -0.2) is 61.6 Å². The summed E-state index contributed by atoms with van der Waals surface area (Å²) in [6.45, 7) is 3.66. The summed E-state index contributed by atoms with van der Waals surface area (Å²) >= 11 is 0. The van der Waals surface area contributed by atoms with E-state index in [2.05, 4.69) is 5.32 Å². The van der Waals surface area contributed by atoms with Gasteiger partial charge < -0.3 is 14.8 Å². The second kappa shape index (κ2) is 12.1. The van der Waals surface area contributed by atoms with Crippen LogP contribution in [0.1, 0.15) is 37.8 Å². The number of nitrogens with one attached hydrogen (secondary N) is 1. The Balaban J connectivity index is 1.44. The van der Waals surface area contributed by atoms with Crippen LogP contribution in [0.3, 0.4) is 0 Å². The van der Waals surface area contributed by atoms with Gasteiger partial charge in [-0.2, -0.15) is 4.31 Å².